The van der Waals surface area contributed by atoms with Gasteiger partial charge in [-0.3, -0.25) is 4.79 Å². The van der Waals surface area contributed by atoms with E-state index in [4.69, 9.17) is 5.11 Å². The number of carbonyl (C=O) groups excluding carboxylic acids is 1. The van der Waals surface area contributed by atoms with Gasteiger partial charge in [-0.2, -0.15) is 0 Å². The van der Waals surface area contributed by atoms with Gasteiger partial charge in [0.15, 0.2) is 12.6 Å². The van der Waals surface area contributed by atoms with Gasteiger partial charge in [-0.1, -0.05) is 0 Å². The molecule has 0 radical (unpaired) electrons. The van der Waals surface area contributed by atoms with E-state index in [-0.39, 0.29) is 29.9 Å². The van der Waals surface area contributed by atoms with E-state index >= 15 is 0 Å². The van der Waals surface area contributed by atoms with E-state index in [0.29, 0.717) is 0 Å². The maximum Gasteiger partial charge on any atom is 0.294 e. The highest BCUT2D eigenvalue weighted by Gasteiger charge is 2.10. The van der Waals surface area contributed by atoms with Gasteiger partial charge in [0.1, 0.15) is 0 Å². The summed E-state index contributed by atoms with van der Waals surface area (Å²) >= 11 is 3.84. The molecule has 0 atom stereocenters. The topological polar surface area (TPSA) is 71.7 Å². The zero-order valence-electron chi connectivity index (χ0n) is 5.97. The Bertz CT molecular complexity index is 296. The quantitative estimate of drug-likeness (QED) is 0.473. The van der Waals surface area contributed by atoms with E-state index in [2.05, 4.69) is 17.4 Å². The Morgan fingerprint density at radius 3 is 2.75 bits per heavy atom. The van der Waals surface area contributed by atoms with Crippen LogP contribution in [0.1, 0.15) is 0 Å². The number of hydrogen-bond donors (Lipinski definition) is 3. The molecule has 0 aliphatic heterocycles. The SMILES string of the molecule is O=COCn1c(O)cc(S)c1O. The average Bonchev–Trinajstić information content (AvgIpc) is 2.25. The highest BCUT2D eigenvalue weighted by Crippen LogP contribution is 2.29. The normalized spacial score (nSPS) is 9.75. The van der Waals surface area contributed by atoms with Crippen molar-refractivity contribution in [1.29, 1.82) is 0 Å². The minimum atomic E-state index is -0.238. The van der Waals surface area contributed by atoms with Gasteiger partial charge < -0.3 is 14.9 Å². The van der Waals surface area contributed by atoms with E-state index in [1.54, 1.807) is 0 Å². The van der Waals surface area contributed by atoms with Crippen LogP contribution in [0.5, 0.6) is 11.8 Å². The van der Waals surface area contributed by atoms with Gasteiger partial charge in [0.25, 0.3) is 6.47 Å². The minimum absolute atomic E-state index is 0.209. The first-order valence-electron chi connectivity index (χ1n) is 3.02. The van der Waals surface area contributed by atoms with Crippen molar-refractivity contribution in [3.8, 4) is 11.8 Å². The van der Waals surface area contributed by atoms with Gasteiger partial charge in [0.2, 0.25) is 5.88 Å². The molecule has 1 rings (SSSR count). The summed E-state index contributed by atoms with van der Waals surface area (Å²) in [4.78, 5) is 10.0. The molecule has 0 spiro atoms. The molecular weight excluding hydrogens is 182 g/mol. The van der Waals surface area contributed by atoms with Crippen LogP contribution >= 0.6 is 12.6 Å². The minimum Gasteiger partial charge on any atom is -0.494 e. The first-order valence-corrected chi connectivity index (χ1v) is 3.47. The van der Waals surface area contributed by atoms with E-state index in [1.807, 2.05) is 0 Å². The summed E-state index contributed by atoms with van der Waals surface area (Å²) < 4.78 is 5.32. The van der Waals surface area contributed by atoms with Crippen LogP contribution in [0.2, 0.25) is 0 Å². The van der Waals surface area contributed by atoms with Crippen LogP contribution in [-0.2, 0) is 16.3 Å². The number of aromatic nitrogens is 1. The fraction of sp³-hybridized carbons (Fsp3) is 0.167. The van der Waals surface area contributed by atoms with Crippen molar-refractivity contribution in [2.24, 2.45) is 0 Å². The van der Waals surface area contributed by atoms with Crippen molar-refractivity contribution in [3.05, 3.63) is 6.07 Å². The molecule has 1 aromatic rings. The second kappa shape index (κ2) is 3.40. The van der Waals surface area contributed by atoms with Crippen molar-refractivity contribution in [2.75, 3.05) is 0 Å². The Labute approximate surface area is 73.6 Å². The van der Waals surface area contributed by atoms with Gasteiger partial charge in [0, 0.05) is 6.07 Å². The molecule has 12 heavy (non-hydrogen) atoms. The van der Waals surface area contributed by atoms with Gasteiger partial charge >= 0.3 is 0 Å². The summed E-state index contributed by atoms with van der Waals surface area (Å²) in [5.74, 6) is -0.447. The van der Waals surface area contributed by atoms with E-state index < -0.39 is 0 Å². The maximum absolute atomic E-state index is 9.79. The molecule has 0 aliphatic carbocycles. The first-order chi connectivity index (χ1) is 5.66. The third-order valence-corrected chi connectivity index (χ3v) is 1.63. The van der Waals surface area contributed by atoms with Crippen molar-refractivity contribution in [3.63, 3.8) is 0 Å². The van der Waals surface area contributed by atoms with Crippen LogP contribution in [0.4, 0.5) is 0 Å². The van der Waals surface area contributed by atoms with Crippen molar-refractivity contribution in [1.82, 2.24) is 4.57 Å². The largest absolute Gasteiger partial charge is 0.494 e. The summed E-state index contributed by atoms with van der Waals surface area (Å²) in [5.41, 5.74) is 0. The van der Waals surface area contributed by atoms with Crippen molar-refractivity contribution in [2.45, 2.75) is 11.6 Å². The molecule has 1 aromatic heterocycles. The number of rotatable bonds is 3. The summed E-state index contributed by atoms with van der Waals surface area (Å²) in [6.07, 6.45) is 0. The maximum atomic E-state index is 9.79. The predicted molar refractivity (Wildman–Crippen MR) is 42.2 cm³/mol. The highest BCUT2D eigenvalue weighted by atomic mass is 32.1. The lowest BCUT2D eigenvalue weighted by atomic mass is 10.6. The first kappa shape index (κ1) is 8.79. The van der Waals surface area contributed by atoms with Crippen molar-refractivity contribution < 1.29 is 19.7 Å². The van der Waals surface area contributed by atoms with E-state index in [1.165, 1.54) is 6.07 Å². The molecule has 0 aliphatic rings. The fourth-order valence-corrected chi connectivity index (χ4v) is 0.980. The van der Waals surface area contributed by atoms with Gasteiger partial charge in [-0.05, 0) is 0 Å². The second-order valence-electron chi connectivity index (χ2n) is 2.03. The van der Waals surface area contributed by atoms with Crippen LogP contribution in [-0.4, -0.2) is 21.3 Å². The lowest BCUT2D eigenvalue weighted by Gasteiger charge is -2.03. The molecular formula is C6H7NO4S. The standard InChI is InChI=1S/C6H7NO4S/c8-3-11-2-7-5(9)1-4(12)6(7)10/h1,3,9-10,12H,2H2. The third-order valence-electron chi connectivity index (χ3n) is 1.30. The van der Waals surface area contributed by atoms with Crippen LogP contribution in [0.15, 0.2) is 11.0 Å². The summed E-state index contributed by atoms with van der Waals surface area (Å²) in [6.45, 7) is -0.0151. The molecule has 0 saturated carbocycles. The van der Waals surface area contributed by atoms with E-state index in [0.717, 1.165) is 4.57 Å². The average molecular weight is 189 g/mol. The Balaban J connectivity index is 2.89. The van der Waals surface area contributed by atoms with Gasteiger partial charge in [-0.25, -0.2) is 4.57 Å². The fourth-order valence-electron chi connectivity index (χ4n) is 0.744. The summed E-state index contributed by atoms with van der Waals surface area (Å²) in [6, 6.07) is 1.24. The van der Waals surface area contributed by atoms with E-state index in [9.17, 15) is 9.90 Å². The van der Waals surface area contributed by atoms with Gasteiger partial charge in [0.05, 0.1) is 4.90 Å². The second-order valence-corrected chi connectivity index (χ2v) is 2.51. The Kier molecular flexibility index (Phi) is 2.49. The predicted octanol–water partition coefficient (Wildman–Crippen LogP) is 0.318. The Hall–Kier alpha value is -1.30. The number of aromatic hydroxyl groups is 2. The smallest absolute Gasteiger partial charge is 0.294 e. The zero-order chi connectivity index (χ0) is 9.14. The van der Waals surface area contributed by atoms with Crippen molar-refractivity contribution >= 4 is 19.1 Å². The number of ether oxygens (including phenoxy) is 1. The van der Waals surface area contributed by atoms with Crippen LogP contribution < -0.4 is 0 Å². The number of thiol groups is 1. The molecule has 0 bridgehead atoms. The Morgan fingerprint density at radius 1 is 1.67 bits per heavy atom. The molecule has 6 heteroatoms. The highest BCUT2D eigenvalue weighted by molar-refractivity contribution is 7.80. The lowest BCUT2D eigenvalue weighted by molar-refractivity contribution is -0.132. The zero-order valence-corrected chi connectivity index (χ0v) is 6.86. The Morgan fingerprint density at radius 2 is 2.33 bits per heavy atom. The molecule has 66 valence electrons. The van der Waals surface area contributed by atoms with Crippen LogP contribution in [0, 0.1) is 0 Å². The third kappa shape index (κ3) is 1.48. The molecule has 1 heterocycles. The number of hydrogen-bond acceptors (Lipinski definition) is 5. The summed E-state index contributed by atoms with van der Waals surface area (Å²) in [5, 5.41) is 18.3. The van der Waals surface area contributed by atoms with Crippen LogP contribution in [0.3, 0.4) is 0 Å². The number of nitrogens with zero attached hydrogens (tertiary/aromatic N) is 1. The number of carbonyl (C=O) groups is 1. The molecule has 0 aromatic carbocycles. The molecule has 0 unspecified atom stereocenters. The molecule has 5 nitrogen and oxygen atoms in total. The van der Waals surface area contributed by atoms with Crippen LogP contribution in [0.25, 0.3) is 0 Å². The monoisotopic (exact) mass is 189 g/mol. The molecule has 0 fully saturated rings. The van der Waals surface area contributed by atoms with Gasteiger partial charge in [-0.15, -0.1) is 12.6 Å². The molecule has 0 saturated heterocycles. The molecule has 0 amide bonds. The molecule has 2 N–H and O–H groups in total. The lowest BCUT2D eigenvalue weighted by Crippen LogP contribution is -1.99. The summed E-state index contributed by atoms with van der Waals surface area (Å²) in [7, 11) is 0.